The topological polar surface area (TPSA) is 226 Å². The fourth-order valence-electron chi connectivity index (χ4n) is 5.05. The molecule has 7 N–H and O–H groups in total. The summed E-state index contributed by atoms with van der Waals surface area (Å²) in [6, 6.07) is 9.47. The SMILES string of the molecule is C[C@@H](O)[C@@H]1NC(=O)CCNC(=O)[C@H]([C@@H](C)O)NC(=O)c2ccc(Cl)cc2OCCCn2cc(nn2)CNC(=O)[C@@H](Cc2ccccc2)NC1=O. The Balaban J connectivity index is 1.56. The van der Waals surface area contributed by atoms with Crippen molar-refractivity contribution < 1.29 is 38.9 Å². The van der Waals surface area contributed by atoms with E-state index in [0.717, 1.165) is 5.56 Å². The van der Waals surface area contributed by atoms with Crippen LogP contribution < -0.4 is 31.3 Å². The molecule has 50 heavy (non-hydrogen) atoms. The van der Waals surface area contributed by atoms with E-state index >= 15 is 0 Å². The van der Waals surface area contributed by atoms with Crippen LogP contribution >= 0.6 is 11.6 Å². The Bertz CT molecular complexity index is 1650. The maximum atomic E-state index is 13.4. The summed E-state index contributed by atoms with van der Waals surface area (Å²) in [5, 5.41) is 42.0. The van der Waals surface area contributed by atoms with Gasteiger partial charge in [-0.05, 0) is 37.6 Å². The van der Waals surface area contributed by atoms with Crippen LogP contribution in [-0.2, 0) is 38.7 Å². The fraction of sp³-hybridized carbons (Fsp3) is 0.424. The van der Waals surface area contributed by atoms with Gasteiger partial charge in [0.25, 0.3) is 5.91 Å². The lowest BCUT2D eigenvalue weighted by atomic mass is 10.0. The van der Waals surface area contributed by atoms with Crippen molar-refractivity contribution in [2.75, 3.05) is 13.2 Å². The Kier molecular flexibility index (Phi) is 13.7. The highest BCUT2D eigenvalue weighted by atomic mass is 35.5. The quantitative estimate of drug-likeness (QED) is 0.185. The van der Waals surface area contributed by atoms with E-state index < -0.39 is 59.9 Å². The van der Waals surface area contributed by atoms with Gasteiger partial charge in [-0.25, -0.2) is 0 Å². The number of hydrogen-bond acceptors (Lipinski definition) is 10. The summed E-state index contributed by atoms with van der Waals surface area (Å²) in [5.74, 6) is -3.34. The van der Waals surface area contributed by atoms with Gasteiger partial charge in [-0.15, -0.1) is 5.10 Å². The molecule has 2 bridgehead atoms. The van der Waals surface area contributed by atoms with Gasteiger partial charge in [-0.2, -0.15) is 0 Å². The van der Waals surface area contributed by atoms with Crippen molar-refractivity contribution in [3.8, 4) is 5.75 Å². The third-order valence-electron chi connectivity index (χ3n) is 7.71. The normalized spacial score (nSPS) is 21.7. The molecule has 1 aromatic heterocycles. The highest BCUT2D eigenvalue weighted by molar-refractivity contribution is 6.30. The molecule has 1 aliphatic heterocycles. The number of nitrogens with zero attached hydrogens (tertiary/aromatic N) is 3. The third kappa shape index (κ3) is 11.0. The highest BCUT2D eigenvalue weighted by Crippen LogP contribution is 2.24. The van der Waals surface area contributed by atoms with Crippen LogP contribution in [0.3, 0.4) is 0 Å². The van der Waals surface area contributed by atoms with Crippen LogP contribution in [0.4, 0.5) is 0 Å². The van der Waals surface area contributed by atoms with Crippen LogP contribution in [0.25, 0.3) is 0 Å². The number of hydrogen-bond donors (Lipinski definition) is 7. The maximum absolute atomic E-state index is 13.4. The van der Waals surface area contributed by atoms with Gasteiger partial charge in [-0.3, -0.25) is 28.7 Å². The molecule has 2 aromatic carbocycles. The van der Waals surface area contributed by atoms with Crippen LogP contribution in [0, 0.1) is 0 Å². The fourth-order valence-corrected chi connectivity index (χ4v) is 5.21. The van der Waals surface area contributed by atoms with E-state index in [2.05, 4.69) is 36.9 Å². The molecule has 2 heterocycles. The molecular formula is C33H41ClN8O8. The molecule has 0 unspecified atom stereocenters. The lowest BCUT2D eigenvalue weighted by molar-refractivity contribution is -0.134. The Morgan fingerprint density at radius 1 is 0.920 bits per heavy atom. The van der Waals surface area contributed by atoms with Gasteiger partial charge in [0.1, 0.15) is 29.6 Å². The summed E-state index contributed by atoms with van der Waals surface area (Å²) in [7, 11) is 0. The molecule has 5 amide bonds. The van der Waals surface area contributed by atoms with Crippen molar-refractivity contribution in [1.82, 2.24) is 41.6 Å². The predicted octanol–water partition coefficient (Wildman–Crippen LogP) is -0.391. The van der Waals surface area contributed by atoms with E-state index in [1.54, 1.807) is 35.1 Å². The van der Waals surface area contributed by atoms with Gasteiger partial charge in [0.2, 0.25) is 23.6 Å². The van der Waals surface area contributed by atoms with Crippen molar-refractivity contribution in [3.63, 3.8) is 0 Å². The Morgan fingerprint density at radius 2 is 1.64 bits per heavy atom. The Morgan fingerprint density at radius 3 is 2.36 bits per heavy atom. The molecule has 16 nitrogen and oxygen atoms in total. The van der Waals surface area contributed by atoms with E-state index in [-0.39, 0.29) is 43.9 Å². The summed E-state index contributed by atoms with van der Waals surface area (Å²) >= 11 is 6.16. The zero-order chi connectivity index (χ0) is 36.2. The molecule has 0 aliphatic carbocycles. The molecule has 4 rings (SSSR count). The van der Waals surface area contributed by atoms with Gasteiger partial charge < -0.3 is 41.5 Å². The van der Waals surface area contributed by atoms with E-state index in [4.69, 9.17) is 16.3 Å². The van der Waals surface area contributed by atoms with Gasteiger partial charge in [0, 0.05) is 37.4 Å². The number of carbonyl (C=O) groups is 5. The molecule has 268 valence electrons. The number of carbonyl (C=O) groups excluding carboxylic acids is 5. The first-order valence-electron chi connectivity index (χ1n) is 16.1. The minimum absolute atomic E-state index is 0.00716. The maximum Gasteiger partial charge on any atom is 0.255 e. The second kappa shape index (κ2) is 18.1. The number of amides is 5. The van der Waals surface area contributed by atoms with E-state index in [1.807, 2.05) is 6.07 Å². The van der Waals surface area contributed by atoms with Crippen LogP contribution in [0.1, 0.15) is 48.3 Å². The summed E-state index contributed by atoms with van der Waals surface area (Å²) in [6.45, 7) is 2.95. The van der Waals surface area contributed by atoms with Gasteiger partial charge >= 0.3 is 0 Å². The molecule has 0 saturated carbocycles. The number of aromatic nitrogens is 3. The first-order valence-corrected chi connectivity index (χ1v) is 16.5. The van der Waals surface area contributed by atoms with Crippen LogP contribution in [0.2, 0.25) is 5.02 Å². The number of ether oxygens (including phenoxy) is 1. The first kappa shape index (κ1) is 37.8. The predicted molar refractivity (Wildman–Crippen MR) is 180 cm³/mol. The minimum Gasteiger partial charge on any atom is -0.493 e. The number of aliphatic hydroxyl groups is 2. The standard InChI is InChI=1S/C33H41ClN8O8/c1-19(43)28-32(48)35-12-11-27(45)38-29(20(2)44)33(49)37-25(15-21-7-4-3-5-8-21)31(47)36-17-23-18-42(41-40-23)13-6-14-50-26-16-22(34)9-10-24(26)30(46)39-28/h3-5,7-10,16,18-20,25,28-29,43-44H,6,11-15,17H2,1-2H3,(H,35,48)(H,36,47)(H,37,49)(H,38,45)(H,39,46)/t19-,20-,25-,28+,29+/m1/s1. The van der Waals surface area contributed by atoms with Crippen LogP contribution in [0.5, 0.6) is 5.75 Å². The molecule has 5 atom stereocenters. The van der Waals surface area contributed by atoms with E-state index in [0.29, 0.717) is 23.7 Å². The summed E-state index contributed by atoms with van der Waals surface area (Å²) < 4.78 is 7.42. The minimum atomic E-state index is -1.43. The second-order valence-corrected chi connectivity index (χ2v) is 12.2. The number of aryl methyl sites for hydroxylation is 1. The summed E-state index contributed by atoms with van der Waals surface area (Å²) in [6.07, 6.45) is -0.763. The molecule has 0 saturated heterocycles. The van der Waals surface area contributed by atoms with Crippen molar-refractivity contribution in [1.29, 1.82) is 0 Å². The smallest absolute Gasteiger partial charge is 0.255 e. The molecule has 0 radical (unpaired) electrons. The lowest BCUT2D eigenvalue weighted by Gasteiger charge is -2.25. The zero-order valence-corrected chi connectivity index (χ0v) is 28.4. The number of nitrogens with one attached hydrogen (secondary N) is 5. The molecule has 3 aromatic rings. The number of halogens is 1. The van der Waals surface area contributed by atoms with E-state index in [1.165, 1.54) is 32.0 Å². The number of aliphatic hydroxyl groups excluding tert-OH is 2. The van der Waals surface area contributed by atoms with Crippen molar-refractivity contribution in [2.24, 2.45) is 0 Å². The molecule has 0 fully saturated rings. The van der Waals surface area contributed by atoms with Crippen molar-refractivity contribution in [3.05, 3.63) is 76.6 Å². The summed E-state index contributed by atoms with van der Waals surface area (Å²) in [5.41, 5.74) is 1.29. The zero-order valence-electron chi connectivity index (χ0n) is 27.6. The van der Waals surface area contributed by atoms with Crippen LogP contribution in [0.15, 0.2) is 54.7 Å². The van der Waals surface area contributed by atoms with Gasteiger partial charge in [0.05, 0.1) is 37.1 Å². The highest BCUT2D eigenvalue weighted by Gasteiger charge is 2.31. The molecule has 0 spiro atoms. The average molecular weight is 713 g/mol. The molecule has 17 heteroatoms. The summed E-state index contributed by atoms with van der Waals surface area (Å²) in [4.78, 5) is 65.7. The van der Waals surface area contributed by atoms with Gasteiger partial charge in [-0.1, -0.05) is 47.1 Å². The number of rotatable bonds is 4. The largest absolute Gasteiger partial charge is 0.493 e. The van der Waals surface area contributed by atoms with Crippen molar-refractivity contribution >= 4 is 41.1 Å². The average Bonchev–Trinajstić information content (AvgIpc) is 3.53. The Labute approximate surface area is 293 Å². The number of fused-ring (bicyclic) bond motifs is 3. The Hall–Kier alpha value is -5.06. The first-order chi connectivity index (χ1) is 23.9. The van der Waals surface area contributed by atoms with Gasteiger partial charge in [0.15, 0.2) is 0 Å². The van der Waals surface area contributed by atoms with E-state index in [9.17, 15) is 34.2 Å². The number of benzene rings is 2. The molecule has 1 aliphatic rings. The molecular weight excluding hydrogens is 672 g/mol. The van der Waals surface area contributed by atoms with Crippen molar-refractivity contribution in [2.45, 2.75) is 76.5 Å². The van der Waals surface area contributed by atoms with Crippen LogP contribution in [-0.4, -0.2) is 98.2 Å². The lowest BCUT2D eigenvalue weighted by Crippen LogP contribution is -2.57. The third-order valence-corrected chi connectivity index (χ3v) is 7.94. The monoisotopic (exact) mass is 712 g/mol. The second-order valence-electron chi connectivity index (χ2n) is 11.8.